The van der Waals surface area contributed by atoms with E-state index in [9.17, 15) is 5.11 Å². The number of benzene rings is 2. The van der Waals surface area contributed by atoms with Crippen molar-refractivity contribution in [1.29, 1.82) is 0 Å². The molecule has 2 aromatic rings. The number of hydrogen-bond acceptors (Lipinski definition) is 2. The molecule has 0 aromatic heterocycles. The zero-order chi connectivity index (χ0) is 13.7. The third kappa shape index (κ3) is 4.03. The molecule has 1 unspecified atom stereocenters. The predicted molar refractivity (Wildman–Crippen MR) is 87.0 cm³/mol. The Morgan fingerprint density at radius 3 is 2.21 bits per heavy atom. The van der Waals surface area contributed by atoms with Gasteiger partial charge >= 0.3 is 0 Å². The van der Waals surface area contributed by atoms with Gasteiger partial charge in [-0.15, -0.1) is 0 Å². The van der Waals surface area contributed by atoms with E-state index in [1.54, 1.807) is 0 Å². The molecule has 0 aliphatic rings. The molecule has 0 aliphatic heterocycles. The highest BCUT2D eigenvalue weighted by atomic mass is 127. The Hall–Kier alpha value is -0.910. The van der Waals surface area contributed by atoms with Gasteiger partial charge in [0, 0.05) is 9.61 Å². The van der Waals surface area contributed by atoms with Crippen molar-refractivity contribution in [3.63, 3.8) is 0 Å². The molecule has 0 heterocycles. The number of rotatable bonds is 5. The fourth-order valence-electron chi connectivity index (χ4n) is 2.09. The normalized spacial score (nSPS) is 14.1. The van der Waals surface area contributed by atoms with Gasteiger partial charge in [0.25, 0.3) is 0 Å². The van der Waals surface area contributed by atoms with Gasteiger partial charge in [-0.25, -0.2) is 0 Å². The molecule has 0 amide bonds. The van der Waals surface area contributed by atoms with Gasteiger partial charge in [0.05, 0.1) is 12.6 Å². The quantitative estimate of drug-likeness (QED) is 0.791. The van der Waals surface area contributed by atoms with E-state index in [1.807, 2.05) is 30.3 Å². The van der Waals surface area contributed by atoms with Crippen LogP contribution in [0.5, 0.6) is 0 Å². The smallest absolute Gasteiger partial charge is 0.0626 e. The lowest BCUT2D eigenvalue weighted by Crippen LogP contribution is -2.27. The van der Waals surface area contributed by atoms with E-state index in [1.165, 1.54) is 9.13 Å². The Morgan fingerprint density at radius 2 is 1.63 bits per heavy atom. The maximum Gasteiger partial charge on any atom is 0.0626 e. The van der Waals surface area contributed by atoms with Crippen molar-refractivity contribution in [2.45, 2.75) is 19.0 Å². The first-order valence-electron chi connectivity index (χ1n) is 6.38. The average molecular weight is 367 g/mol. The van der Waals surface area contributed by atoms with Crippen LogP contribution in [0, 0.1) is 3.57 Å². The minimum Gasteiger partial charge on any atom is -0.394 e. The summed E-state index contributed by atoms with van der Waals surface area (Å²) >= 11 is 2.30. The number of halogens is 1. The molecule has 19 heavy (non-hydrogen) atoms. The highest BCUT2D eigenvalue weighted by Gasteiger charge is 2.14. The molecule has 0 aliphatic carbocycles. The van der Waals surface area contributed by atoms with Crippen LogP contribution in [0.3, 0.4) is 0 Å². The van der Waals surface area contributed by atoms with E-state index >= 15 is 0 Å². The second-order valence-electron chi connectivity index (χ2n) is 4.59. The number of aliphatic hydroxyl groups is 1. The molecule has 0 bridgehead atoms. The highest BCUT2D eigenvalue weighted by molar-refractivity contribution is 14.1. The summed E-state index contributed by atoms with van der Waals surface area (Å²) in [4.78, 5) is 0. The van der Waals surface area contributed by atoms with Crippen LogP contribution in [-0.4, -0.2) is 11.7 Å². The van der Waals surface area contributed by atoms with Crippen LogP contribution < -0.4 is 5.32 Å². The summed E-state index contributed by atoms with van der Waals surface area (Å²) in [6.07, 6.45) is 0. The molecule has 2 aromatic carbocycles. The van der Waals surface area contributed by atoms with Gasteiger partial charge < -0.3 is 10.4 Å². The molecule has 2 atom stereocenters. The lowest BCUT2D eigenvalue weighted by Gasteiger charge is -2.22. The summed E-state index contributed by atoms with van der Waals surface area (Å²) in [6.45, 7) is 2.21. The van der Waals surface area contributed by atoms with Crippen molar-refractivity contribution in [2.24, 2.45) is 0 Å². The molecule has 2 N–H and O–H groups in total. The third-order valence-electron chi connectivity index (χ3n) is 3.21. The molecular formula is C16H18INO. The summed E-state index contributed by atoms with van der Waals surface area (Å²) in [7, 11) is 0. The summed E-state index contributed by atoms with van der Waals surface area (Å²) < 4.78 is 1.23. The van der Waals surface area contributed by atoms with Crippen molar-refractivity contribution < 1.29 is 5.11 Å². The number of nitrogens with one attached hydrogen (secondary N) is 1. The standard InChI is InChI=1S/C16H18INO/c1-12(13-7-9-15(17)10-8-13)18-16(11-19)14-5-3-2-4-6-14/h2-10,12,16,18-19H,11H2,1H3/t12?,16-/m1/s1. The van der Waals surface area contributed by atoms with Crippen LogP contribution in [0.2, 0.25) is 0 Å². The van der Waals surface area contributed by atoms with Gasteiger partial charge in [-0.05, 0) is 52.8 Å². The molecule has 2 rings (SSSR count). The Labute approximate surface area is 128 Å². The Kier molecular flexibility index (Phi) is 5.36. The van der Waals surface area contributed by atoms with E-state index in [2.05, 4.69) is 59.1 Å². The van der Waals surface area contributed by atoms with E-state index in [-0.39, 0.29) is 18.7 Å². The molecule has 3 heteroatoms. The van der Waals surface area contributed by atoms with Gasteiger partial charge in [-0.2, -0.15) is 0 Å². The Balaban J connectivity index is 2.08. The van der Waals surface area contributed by atoms with Crippen LogP contribution in [0.25, 0.3) is 0 Å². The van der Waals surface area contributed by atoms with Gasteiger partial charge in [-0.1, -0.05) is 42.5 Å². The molecule has 0 spiro atoms. The van der Waals surface area contributed by atoms with E-state index in [0.717, 1.165) is 5.56 Å². The Bertz CT molecular complexity index is 498. The third-order valence-corrected chi connectivity index (χ3v) is 3.92. The molecule has 2 nitrogen and oxygen atoms in total. The summed E-state index contributed by atoms with van der Waals surface area (Å²) in [5, 5.41) is 13.0. The van der Waals surface area contributed by atoms with Crippen molar-refractivity contribution in [3.8, 4) is 0 Å². The van der Waals surface area contributed by atoms with Crippen molar-refractivity contribution in [2.75, 3.05) is 6.61 Å². The first kappa shape index (κ1) is 14.5. The molecule has 100 valence electrons. The van der Waals surface area contributed by atoms with Crippen molar-refractivity contribution in [3.05, 3.63) is 69.3 Å². The lowest BCUT2D eigenvalue weighted by atomic mass is 10.0. The second-order valence-corrected chi connectivity index (χ2v) is 5.83. The highest BCUT2D eigenvalue weighted by Crippen LogP contribution is 2.20. The van der Waals surface area contributed by atoms with E-state index in [0.29, 0.717) is 0 Å². The zero-order valence-corrected chi connectivity index (χ0v) is 13.0. The van der Waals surface area contributed by atoms with Gasteiger partial charge in [0.1, 0.15) is 0 Å². The molecule has 0 radical (unpaired) electrons. The fraction of sp³-hybridized carbons (Fsp3) is 0.250. The van der Waals surface area contributed by atoms with Crippen LogP contribution in [0.1, 0.15) is 30.1 Å². The average Bonchev–Trinajstić information content (AvgIpc) is 2.46. The zero-order valence-electron chi connectivity index (χ0n) is 10.9. The second kappa shape index (κ2) is 7.03. The van der Waals surface area contributed by atoms with Gasteiger partial charge in [-0.3, -0.25) is 0 Å². The minimum atomic E-state index is -0.0320. The van der Waals surface area contributed by atoms with Crippen molar-refractivity contribution in [1.82, 2.24) is 5.32 Å². The summed E-state index contributed by atoms with van der Waals surface area (Å²) in [5.74, 6) is 0. The van der Waals surface area contributed by atoms with Gasteiger partial charge in [0.15, 0.2) is 0 Å². The van der Waals surface area contributed by atoms with Crippen LogP contribution in [0.4, 0.5) is 0 Å². The molecule has 0 saturated carbocycles. The van der Waals surface area contributed by atoms with Crippen LogP contribution in [0.15, 0.2) is 54.6 Å². The lowest BCUT2D eigenvalue weighted by molar-refractivity contribution is 0.235. The largest absolute Gasteiger partial charge is 0.394 e. The van der Waals surface area contributed by atoms with Gasteiger partial charge in [0.2, 0.25) is 0 Å². The number of aliphatic hydroxyl groups excluding tert-OH is 1. The van der Waals surface area contributed by atoms with Crippen LogP contribution >= 0.6 is 22.6 Å². The monoisotopic (exact) mass is 367 g/mol. The predicted octanol–water partition coefficient (Wildman–Crippen LogP) is 3.68. The van der Waals surface area contributed by atoms with E-state index < -0.39 is 0 Å². The summed E-state index contributed by atoms with van der Waals surface area (Å²) in [5.41, 5.74) is 2.34. The maximum atomic E-state index is 9.56. The minimum absolute atomic E-state index is 0.0320. The molecule has 0 saturated heterocycles. The first-order chi connectivity index (χ1) is 9.20. The maximum absolute atomic E-state index is 9.56. The number of hydrogen-bond donors (Lipinski definition) is 2. The van der Waals surface area contributed by atoms with Crippen LogP contribution in [-0.2, 0) is 0 Å². The topological polar surface area (TPSA) is 32.3 Å². The Morgan fingerprint density at radius 1 is 1.00 bits per heavy atom. The first-order valence-corrected chi connectivity index (χ1v) is 7.46. The summed E-state index contributed by atoms with van der Waals surface area (Å²) in [6, 6.07) is 18.7. The molecule has 0 fully saturated rings. The van der Waals surface area contributed by atoms with E-state index in [4.69, 9.17) is 0 Å². The fourth-order valence-corrected chi connectivity index (χ4v) is 2.45. The van der Waals surface area contributed by atoms with Crippen molar-refractivity contribution >= 4 is 22.6 Å². The molecular weight excluding hydrogens is 349 g/mol. The SMILES string of the molecule is CC(N[C@H](CO)c1ccccc1)c1ccc(I)cc1.